The number of piperidine rings is 1. The van der Waals surface area contributed by atoms with Crippen molar-refractivity contribution >= 4 is 40.3 Å². The van der Waals surface area contributed by atoms with Crippen molar-refractivity contribution in [3.05, 3.63) is 76.3 Å². The van der Waals surface area contributed by atoms with E-state index >= 15 is 0 Å². The normalized spacial score (nSPS) is 21.3. The summed E-state index contributed by atoms with van der Waals surface area (Å²) in [4.78, 5) is 9.29. The first-order valence-corrected chi connectivity index (χ1v) is 12.8. The summed E-state index contributed by atoms with van der Waals surface area (Å²) in [6.07, 6.45) is 4.26. The maximum absolute atomic E-state index is 6.88. The molecule has 34 heavy (non-hydrogen) atoms. The monoisotopic (exact) mass is 493 g/mol. The molecule has 2 saturated heterocycles. The van der Waals surface area contributed by atoms with E-state index in [9.17, 15) is 0 Å². The van der Waals surface area contributed by atoms with Gasteiger partial charge in [-0.1, -0.05) is 24.6 Å². The molecule has 0 radical (unpaired) electrons. The highest BCUT2D eigenvalue weighted by molar-refractivity contribution is 7.80. The number of halogens is 1. The van der Waals surface area contributed by atoms with Crippen molar-refractivity contribution in [1.29, 1.82) is 0 Å². The highest BCUT2D eigenvalue weighted by Gasteiger charge is 2.42. The average molecular weight is 494 g/mol. The van der Waals surface area contributed by atoms with Gasteiger partial charge in [-0.05, 0) is 86.8 Å². The second kappa shape index (κ2) is 9.23. The number of anilines is 2. The van der Waals surface area contributed by atoms with Gasteiger partial charge in [0.25, 0.3) is 0 Å². The van der Waals surface area contributed by atoms with E-state index in [1.54, 1.807) is 0 Å². The molecule has 5 nitrogen and oxygen atoms in total. The van der Waals surface area contributed by atoms with Crippen molar-refractivity contribution in [2.45, 2.75) is 45.7 Å². The Labute approximate surface area is 212 Å². The van der Waals surface area contributed by atoms with Gasteiger partial charge < -0.3 is 19.7 Å². The van der Waals surface area contributed by atoms with Crippen molar-refractivity contribution in [2.24, 2.45) is 13.0 Å². The summed E-state index contributed by atoms with van der Waals surface area (Å²) in [7, 11) is 2.11. The lowest BCUT2D eigenvalue weighted by Gasteiger charge is -2.33. The number of hydrogen-bond acceptors (Lipinski definition) is 3. The van der Waals surface area contributed by atoms with Gasteiger partial charge in [-0.25, -0.2) is 0 Å². The van der Waals surface area contributed by atoms with Gasteiger partial charge >= 0.3 is 0 Å². The number of rotatable bonds is 4. The Morgan fingerprint density at radius 2 is 1.85 bits per heavy atom. The minimum Gasteiger partial charge on any atom is -0.370 e. The number of thiocarbonyl (C=S) groups is 1. The number of pyridine rings is 1. The van der Waals surface area contributed by atoms with Crippen LogP contribution in [0.4, 0.5) is 11.4 Å². The van der Waals surface area contributed by atoms with E-state index in [4.69, 9.17) is 23.8 Å². The molecular weight excluding hydrogens is 462 g/mol. The maximum atomic E-state index is 6.88. The van der Waals surface area contributed by atoms with Crippen LogP contribution in [-0.2, 0) is 7.05 Å². The Bertz CT molecular complexity index is 1200. The standard InChI is InChI=1S/C27H32ClN5S/c1-17-10-13-32(14-11-17)24-9-8-20(16-22(24)28)33-26(21-15-18(2)31(4)19(21)3)25(30-27(33)34)23-7-5-6-12-29-23/h5-9,12,15-17,25-26H,10-11,13-14H2,1-4H3,(H,30,34)/t25-,26+/m0/s1. The van der Waals surface area contributed by atoms with Gasteiger partial charge in [0.15, 0.2) is 5.11 Å². The van der Waals surface area contributed by atoms with Crippen LogP contribution in [0.25, 0.3) is 0 Å². The van der Waals surface area contributed by atoms with Crippen LogP contribution in [0.1, 0.15) is 54.5 Å². The lowest BCUT2D eigenvalue weighted by atomic mass is 9.96. The molecule has 2 aromatic heterocycles. The van der Waals surface area contributed by atoms with E-state index in [-0.39, 0.29) is 12.1 Å². The number of hydrogen-bond donors (Lipinski definition) is 1. The fourth-order valence-corrected chi connectivity index (χ4v) is 5.92. The topological polar surface area (TPSA) is 36.3 Å². The van der Waals surface area contributed by atoms with Crippen LogP contribution in [0.2, 0.25) is 5.02 Å². The smallest absolute Gasteiger partial charge is 0.174 e. The number of aryl methyl sites for hydroxylation is 1. The molecule has 2 aliphatic rings. The summed E-state index contributed by atoms with van der Waals surface area (Å²) in [5, 5.41) is 5.02. The molecule has 2 fully saturated rings. The zero-order chi connectivity index (χ0) is 24.0. The van der Waals surface area contributed by atoms with Crippen LogP contribution in [0.5, 0.6) is 0 Å². The molecule has 0 spiro atoms. The van der Waals surface area contributed by atoms with E-state index in [1.807, 2.05) is 18.3 Å². The fourth-order valence-electron chi connectivity index (χ4n) is 5.28. The molecule has 2 atom stereocenters. The third-order valence-electron chi connectivity index (χ3n) is 7.56. The number of nitrogens with zero attached hydrogens (tertiary/aromatic N) is 4. The first-order chi connectivity index (χ1) is 16.3. The van der Waals surface area contributed by atoms with Crippen molar-refractivity contribution < 1.29 is 0 Å². The lowest BCUT2D eigenvalue weighted by Crippen LogP contribution is -2.33. The summed E-state index contributed by atoms with van der Waals surface area (Å²) >= 11 is 12.8. The van der Waals surface area contributed by atoms with Gasteiger partial charge in [-0.2, -0.15) is 0 Å². The molecule has 7 heteroatoms. The van der Waals surface area contributed by atoms with Gasteiger partial charge in [0, 0.05) is 43.4 Å². The SMILES string of the molecule is Cc1cc([C@@H]2[C@H](c3ccccn3)NC(=S)N2c2ccc(N3CCC(C)CC3)c(Cl)c2)c(C)n1C. The quantitative estimate of drug-likeness (QED) is 0.444. The summed E-state index contributed by atoms with van der Waals surface area (Å²) in [6.45, 7) is 8.75. The molecule has 5 rings (SSSR count). The summed E-state index contributed by atoms with van der Waals surface area (Å²) in [5.74, 6) is 0.782. The Hall–Kier alpha value is -2.57. The molecule has 1 aromatic carbocycles. The average Bonchev–Trinajstić information content (AvgIpc) is 3.31. The number of aromatic nitrogens is 2. The maximum Gasteiger partial charge on any atom is 0.174 e. The van der Waals surface area contributed by atoms with Crippen LogP contribution in [0.15, 0.2) is 48.7 Å². The zero-order valence-corrected chi connectivity index (χ0v) is 21.8. The number of nitrogens with one attached hydrogen (secondary N) is 1. The van der Waals surface area contributed by atoms with Crippen molar-refractivity contribution in [3.63, 3.8) is 0 Å². The van der Waals surface area contributed by atoms with Crippen molar-refractivity contribution in [2.75, 3.05) is 22.9 Å². The molecule has 4 heterocycles. The predicted octanol–water partition coefficient (Wildman–Crippen LogP) is 6.10. The second-order valence-corrected chi connectivity index (χ2v) is 10.5. The van der Waals surface area contributed by atoms with Crippen molar-refractivity contribution in [1.82, 2.24) is 14.9 Å². The van der Waals surface area contributed by atoms with E-state index in [1.165, 1.54) is 29.8 Å². The van der Waals surface area contributed by atoms with Gasteiger partial charge in [0.05, 0.1) is 28.5 Å². The van der Waals surface area contributed by atoms with Gasteiger partial charge in [-0.15, -0.1) is 0 Å². The van der Waals surface area contributed by atoms with Crippen LogP contribution < -0.4 is 15.1 Å². The van der Waals surface area contributed by atoms with Gasteiger partial charge in [0.1, 0.15) is 0 Å². The number of benzene rings is 1. The Balaban J connectivity index is 1.55. The minimum atomic E-state index is -0.0590. The fraction of sp³-hybridized carbons (Fsp3) is 0.407. The van der Waals surface area contributed by atoms with Crippen molar-refractivity contribution in [3.8, 4) is 0 Å². The summed E-state index contributed by atoms with van der Waals surface area (Å²) in [5.41, 5.74) is 6.78. The molecule has 0 aliphatic carbocycles. The first-order valence-electron chi connectivity index (χ1n) is 12.0. The molecule has 0 amide bonds. The molecule has 178 valence electrons. The zero-order valence-electron chi connectivity index (χ0n) is 20.3. The third-order valence-corrected chi connectivity index (χ3v) is 8.18. The third kappa shape index (κ3) is 4.07. The Morgan fingerprint density at radius 3 is 2.47 bits per heavy atom. The summed E-state index contributed by atoms with van der Waals surface area (Å²) in [6, 6.07) is 14.6. The second-order valence-electron chi connectivity index (χ2n) is 9.69. The predicted molar refractivity (Wildman–Crippen MR) is 145 cm³/mol. The molecule has 1 N–H and O–H groups in total. The van der Waals surface area contributed by atoms with Gasteiger partial charge in [-0.3, -0.25) is 4.98 Å². The lowest BCUT2D eigenvalue weighted by molar-refractivity contribution is 0.438. The van der Waals surface area contributed by atoms with Gasteiger partial charge in [0.2, 0.25) is 0 Å². The largest absolute Gasteiger partial charge is 0.370 e. The minimum absolute atomic E-state index is 0.0277. The molecule has 0 saturated carbocycles. The van der Waals surface area contributed by atoms with E-state index in [2.05, 4.69) is 82.8 Å². The Kier molecular flexibility index (Phi) is 6.30. The molecule has 0 unspecified atom stereocenters. The van der Waals surface area contributed by atoms with Crippen LogP contribution in [-0.4, -0.2) is 27.8 Å². The van der Waals surface area contributed by atoms with Crippen LogP contribution >= 0.6 is 23.8 Å². The van der Waals surface area contributed by atoms with E-state index in [0.29, 0.717) is 5.11 Å². The molecule has 3 aromatic rings. The summed E-state index contributed by atoms with van der Waals surface area (Å²) < 4.78 is 2.23. The first kappa shape index (κ1) is 23.2. The van der Waals surface area contributed by atoms with Crippen LogP contribution in [0.3, 0.4) is 0 Å². The van der Waals surface area contributed by atoms with E-state index < -0.39 is 0 Å². The van der Waals surface area contributed by atoms with E-state index in [0.717, 1.165) is 41.1 Å². The Morgan fingerprint density at radius 1 is 1.09 bits per heavy atom. The molecule has 0 bridgehead atoms. The molecular formula is C27H32ClN5S. The molecule has 2 aliphatic heterocycles. The highest BCUT2D eigenvalue weighted by atomic mass is 35.5. The van der Waals surface area contributed by atoms with Crippen LogP contribution in [0, 0.1) is 19.8 Å². The highest BCUT2D eigenvalue weighted by Crippen LogP contribution is 2.44.